The fourth-order valence-electron chi connectivity index (χ4n) is 3.00. The van der Waals surface area contributed by atoms with Crippen LogP contribution in [0.4, 0.5) is 0 Å². The summed E-state index contributed by atoms with van der Waals surface area (Å²) in [5.41, 5.74) is 2.18. The zero-order valence-corrected chi connectivity index (χ0v) is 15.0. The van der Waals surface area contributed by atoms with Gasteiger partial charge in [0.1, 0.15) is 12.3 Å². The lowest BCUT2D eigenvalue weighted by molar-refractivity contribution is 0.409. The third-order valence-electron chi connectivity index (χ3n) is 4.40. The van der Waals surface area contributed by atoms with Crippen LogP contribution in [0.1, 0.15) is 82.3 Å². The number of benzene rings is 1. The minimum atomic E-state index is 0.190. The van der Waals surface area contributed by atoms with E-state index in [2.05, 4.69) is 24.2 Å². The highest BCUT2D eigenvalue weighted by molar-refractivity contribution is 5.37. The highest BCUT2D eigenvalue weighted by Gasteiger charge is 2.04. The van der Waals surface area contributed by atoms with E-state index in [0.29, 0.717) is 0 Å². The van der Waals surface area contributed by atoms with E-state index in [0.717, 1.165) is 17.7 Å². The van der Waals surface area contributed by atoms with Crippen molar-refractivity contribution < 1.29 is 4.74 Å². The first-order valence-corrected chi connectivity index (χ1v) is 9.26. The van der Waals surface area contributed by atoms with Crippen molar-refractivity contribution in [2.75, 3.05) is 7.11 Å². The molecular formula is C20H33NO2. The van der Waals surface area contributed by atoms with Crippen molar-refractivity contribution >= 4 is 0 Å². The van der Waals surface area contributed by atoms with Gasteiger partial charge in [0.2, 0.25) is 0 Å². The first-order chi connectivity index (χ1) is 11.3. The number of rotatable bonds is 14. The average molecular weight is 319 g/mol. The molecule has 0 N–H and O–H groups in total. The molecule has 0 saturated heterocycles. The topological polar surface area (TPSA) is 38.7 Å². The maximum absolute atomic E-state index is 10.5. The van der Waals surface area contributed by atoms with E-state index < -0.39 is 0 Å². The van der Waals surface area contributed by atoms with Gasteiger partial charge in [-0.25, -0.2) is 0 Å². The second-order valence-electron chi connectivity index (χ2n) is 6.37. The van der Waals surface area contributed by atoms with Crippen LogP contribution in [0.25, 0.3) is 0 Å². The van der Waals surface area contributed by atoms with Crippen LogP contribution in [-0.2, 0) is 13.0 Å². The van der Waals surface area contributed by atoms with E-state index in [9.17, 15) is 4.91 Å². The largest absolute Gasteiger partial charge is 0.496 e. The Morgan fingerprint density at radius 2 is 1.52 bits per heavy atom. The lowest BCUT2D eigenvalue weighted by atomic mass is 10.0. The van der Waals surface area contributed by atoms with Gasteiger partial charge in [-0.2, -0.15) is 4.91 Å². The van der Waals surface area contributed by atoms with E-state index in [1.165, 1.54) is 69.8 Å². The van der Waals surface area contributed by atoms with Crippen LogP contribution in [0.15, 0.2) is 23.4 Å². The van der Waals surface area contributed by atoms with Crippen LogP contribution >= 0.6 is 0 Å². The predicted octanol–water partition coefficient (Wildman–Crippen LogP) is 6.43. The summed E-state index contributed by atoms with van der Waals surface area (Å²) in [5.74, 6) is 0.761. The summed E-state index contributed by atoms with van der Waals surface area (Å²) in [5, 5.41) is 2.98. The van der Waals surface area contributed by atoms with Crippen LogP contribution in [0.2, 0.25) is 0 Å². The van der Waals surface area contributed by atoms with E-state index >= 15 is 0 Å². The highest BCUT2D eigenvalue weighted by Crippen LogP contribution is 2.22. The minimum Gasteiger partial charge on any atom is -0.496 e. The molecule has 0 fully saturated rings. The first-order valence-electron chi connectivity index (χ1n) is 9.26. The molecule has 0 amide bonds. The maximum Gasteiger partial charge on any atom is 0.124 e. The van der Waals surface area contributed by atoms with Crippen LogP contribution in [0.3, 0.4) is 0 Å². The van der Waals surface area contributed by atoms with Crippen LogP contribution in [0.5, 0.6) is 5.75 Å². The molecule has 3 nitrogen and oxygen atoms in total. The molecule has 0 radical (unpaired) electrons. The molecule has 130 valence electrons. The molecule has 0 saturated carbocycles. The SMILES string of the molecule is CCCCCCCCCCCCc1ccc(OC)c(CN=O)c1. The van der Waals surface area contributed by atoms with Crippen molar-refractivity contribution in [2.24, 2.45) is 5.18 Å². The highest BCUT2D eigenvalue weighted by atomic mass is 16.5. The lowest BCUT2D eigenvalue weighted by Crippen LogP contribution is -1.94. The third kappa shape index (κ3) is 8.73. The number of hydrogen-bond donors (Lipinski definition) is 0. The van der Waals surface area contributed by atoms with Gasteiger partial charge in [-0.1, -0.05) is 82.0 Å². The van der Waals surface area contributed by atoms with E-state index in [1.807, 2.05) is 6.07 Å². The third-order valence-corrected chi connectivity index (χ3v) is 4.40. The van der Waals surface area contributed by atoms with Gasteiger partial charge in [-0.3, -0.25) is 0 Å². The summed E-state index contributed by atoms with van der Waals surface area (Å²) >= 11 is 0. The summed E-state index contributed by atoms with van der Waals surface area (Å²) < 4.78 is 5.26. The molecule has 1 rings (SSSR count). The van der Waals surface area contributed by atoms with E-state index in [1.54, 1.807) is 7.11 Å². The second-order valence-corrected chi connectivity index (χ2v) is 6.37. The normalized spacial score (nSPS) is 10.7. The van der Waals surface area contributed by atoms with Crippen molar-refractivity contribution in [3.8, 4) is 5.75 Å². The molecule has 3 heteroatoms. The molecule has 0 heterocycles. The van der Waals surface area contributed by atoms with Crippen LogP contribution in [0, 0.1) is 4.91 Å². The minimum absolute atomic E-state index is 0.190. The quantitative estimate of drug-likeness (QED) is 0.293. The second kappa shape index (κ2) is 13.1. The Morgan fingerprint density at radius 1 is 0.913 bits per heavy atom. The van der Waals surface area contributed by atoms with E-state index in [4.69, 9.17) is 4.74 Å². The van der Waals surface area contributed by atoms with Gasteiger partial charge in [0.05, 0.1) is 7.11 Å². The van der Waals surface area contributed by atoms with Gasteiger partial charge >= 0.3 is 0 Å². The average Bonchev–Trinajstić information content (AvgIpc) is 2.57. The number of methoxy groups -OCH3 is 1. The number of nitroso groups, excluding NO2 is 1. The van der Waals surface area contributed by atoms with Crippen molar-refractivity contribution in [3.05, 3.63) is 34.2 Å². The Bertz CT molecular complexity index is 432. The van der Waals surface area contributed by atoms with Gasteiger partial charge in [0.15, 0.2) is 0 Å². The van der Waals surface area contributed by atoms with Crippen molar-refractivity contribution in [2.45, 2.75) is 84.1 Å². The molecule has 0 spiro atoms. The van der Waals surface area contributed by atoms with Crippen molar-refractivity contribution in [1.82, 2.24) is 0 Å². The number of hydrogen-bond acceptors (Lipinski definition) is 3. The lowest BCUT2D eigenvalue weighted by Gasteiger charge is -2.08. The first kappa shape index (κ1) is 19.7. The van der Waals surface area contributed by atoms with Crippen molar-refractivity contribution in [1.29, 1.82) is 0 Å². The van der Waals surface area contributed by atoms with Crippen LogP contribution < -0.4 is 4.74 Å². The fourth-order valence-corrected chi connectivity index (χ4v) is 3.00. The van der Waals surface area contributed by atoms with Gasteiger partial charge in [0.25, 0.3) is 0 Å². The Hall–Kier alpha value is -1.38. The summed E-state index contributed by atoms with van der Waals surface area (Å²) in [6, 6.07) is 6.11. The molecular weight excluding hydrogens is 286 g/mol. The zero-order valence-electron chi connectivity index (χ0n) is 15.0. The molecule has 0 atom stereocenters. The molecule has 0 aliphatic rings. The summed E-state index contributed by atoms with van der Waals surface area (Å²) in [4.78, 5) is 10.5. The fraction of sp³-hybridized carbons (Fsp3) is 0.700. The maximum atomic E-state index is 10.5. The summed E-state index contributed by atoms with van der Waals surface area (Å²) in [6.45, 7) is 2.45. The van der Waals surface area contributed by atoms with E-state index in [-0.39, 0.29) is 6.54 Å². The van der Waals surface area contributed by atoms with Gasteiger partial charge in [-0.05, 0) is 24.5 Å². The molecule has 0 bridgehead atoms. The molecule has 0 aromatic heterocycles. The predicted molar refractivity (Wildman–Crippen MR) is 98.0 cm³/mol. The number of nitrogens with zero attached hydrogens (tertiary/aromatic N) is 1. The molecule has 1 aromatic carbocycles. The smallest absolute Gasteiger partial charge is 0.124 e. The number of unbranched alkanes of at least 4 members (excludes halogenated alkanes) is 9. The Morgan fingerprint density at radius 3 is 2.09 bits per heavy atom. The zero-order chi connectivity index (χ0) is 16.8. The standard InChI is InChI=1S/C20H33NO2/c1-3-4-5-6-7-8-9-10-11-12-13-18-14-15-20(23-2)19(16-18)17-21-22/h14-16H,3-13,17H2,1-2H3. The number of aryl methyl sites for hydroxylation is 1. The van der Waals surface area contributed by atoms with Gasteiger partial charge < -0.3 is 4.74 Å². The molecule has 0 unspecified atom stereocenters. The summed E-state index contributed by atoms with van der Waals surface area (Å²) in [6.07, 6.45) is 14.6. The van der Waals surface area contributed by atoms with Gasteiger partial charge in [0, 0.05) is 5.56 Å². The van der Waals surface area contributed by atoms with Crippen molar-refractivity contribution in [3.63, 3.8) is 0 Å². The Kier molecular flexibility index (Phi) is 11.2. The number of ether oxygens (including phenoxy) is 1. The molecule has 1 aromatic rings. The monoisotopic (exact) mass is 319 g/mol. The molecule has 0 aliphatic heterocycles. The molecule has 23 heavy (non-hydrogen) atoms. The molecule has 0 aliphatic carbocycles. The van der Waals surface area contributed by atoms with Gasteiger partial charge in [-0.15, -0.1) is 0 Å². The Balaban J connectivity index is 2.13. The Labute approximate surface area is 141 Å². The summed E-state index contributed by atoms with van der Waals surface area (Å²) in [7, 11) is 1.63. The van der Waals surface area contributed by atoms with Crippen LogP contribution in [-0.4, -0.2) is 7.11 Å².